The monoisotopic (exact) mass is 483 g/mol. The van der Waals surface area contributed by atoms with Crippen LogP contribution in [0.5, 0.6) is 0 Å². The molecular formula is C23H25N5O3S2. The Morgan fingerprint density at radius 3 is 2.61 bits per heavy atom. The second-order valence-electron chi connectivity index (χ2n) is 8.20. The van der Waals surface area contributed by atoms with Crippen molar-refractivity contribution in [2.45, 2.75) is 23.9 Å². The van der Waals surface area contributed by atoms with Crippen molar-refractivity contribution in [1.29, 1.82) is 0 Å². The lowest BCUT2D eigenvalue weighted by Gasteiger charge is -2.41. The molecule has 0 radical (unpaired) electrons. The number of anilines is 1. The topological polar surface area (TPSA) is 95.8 Å². The molecule has 2 aliphatic heterocycles. The number of nitrogens with zero attached hydrogens (tertiary/aromatic N) is 3. The molecule has 0 unspecified atom stereocenters. The fourth-order valence-electron chi connectivity index (χ4n) is 4.08. The third kappa shape index (κ3) is 4.45. The normalized spacial score (nSPS) is 17.5. The maximum Gasteiger partial charge on any atom is 0.263 e. The Morgan fingerprint density at radius 1 is 1.12 bits per heavy atom. The molecule has 0 spiro atoms. The van der Waals surface area contributed by atoms with Crippen molar-refractivity contribution in [1.82, 2.24) is 14.6 Å². The number of amides is 1. The summed E-state index contributed by atoms with van der Waals surface area (Å²) in [5, 5.41) is 4.68. The Bertz CT molecular complexity index is 1310. The highest BCUT2D eigenvalue weighted by molar-refractivity contribution is 8.15. The van der Waals surface area contributed by atoms with Crippen LogP contribution >= 0.6 is 11.8 Å². The molecule has 5 rings (SSSR count). The summed E-state index contributed by atoms with van der Waals surface area (Å²) in [6.07, 6.45) is 1.95. The van der Waals surface area contributed by atoms with Gasteiger partial charge in [-0.05, 0) is 48.7 Å². The fourth-order valence-corrected chi connectivity index (χ4v) is 6.11. The molecule has 1 saturated heterocycles. The number of hydrogen-bond acceptors (Lipinski definition) is 6. The molecule has 10 heteroatoms. The van der Waals surface area contributed by atoms with Crippen LogP contribution in [-0.4, -0.2) is 55.5 Å². The Kier molecular flexibility index (Phi) is 5.79. The van der Waals surface area contributed by atoms with Crippen LogP contribution < -0.4 is 14.9 Å². The van der Waals surface area contributed by atoms with E-state index in [0.29, 0.717) is 24.8 Å². The SMILES string of the molecule is C[C@@H](C(=O)NC1CN(c2ccc(S(=O)(=O)NC3=NCCS3)cc2)C1)n1ccc2ccccc21. The zero-order valence-corrected chi connectivity index (χ0v) is 19.8. The van der Waals surface area contributed by atoms with Gasteiger partial charge in [-0.2, -0.15) is 0 Å². The van der Waals surface area contributed by atoms with Crippen molar-refractivity contribution in [2.75, 3.05) is 30.3 Å². The minimum absolute atomic E-state index is 0.0128. The number of aliphatic imine (C=N–C) groups is 1. The molecular weight excluding hydrogens is 458 g/mol. The Balaban J connectivity index is 1.16. The second kappa shape index (κ2) is 8.75. The quantitative estimate of drug-likeness (QED) is 0.562. The molecule has 2 aliphatic rings. The minimum atomic E-state index is -3.63. The van der Waals surface area contributed by atoms with E-state index in [-0.39, 0.29) is 22.9 Å². The number of nitrogens with one attached hydrogen (secondary N) is 2. The highest BCUT2D eigenvalue weighted by Gasteiger charge is 2.30. The van der Waals surface area contributed by atoms with Gasteiger partial charge >= 0.3 is 0 Å². The summed E-state index contributed by atoms with van der Waals surface area (Å²) in [4.78, 5) is 19.2. The summed E-state index contributed by atoms with van der Waals surface area (Å²) < 4.78 is 29.5. The van der Waals surface area contributed by atoms with Crippen molar-refractivity contribution in [3.8, 4) is 0 Å². The zero-order valence-electron chi connectivity index (χ0n) is 18.1. The lowest BCUT2D eigenvalue weighted by Crippen LogP contribution is -2.60. The zero-order chi connectivity index (χ0) is 23.0. The van der Waals surface area contributed by atoms with Crippen molar-refractivity contribution in [2.24, 2.45) is 4.99 Å². The molecule has 0 saturated carbocycles. The highest BCUT2D eigenvalue weighted by Crippen LogP contribution is 2.24. The molecule has 0 aliphatic carbocycles. The lowest BCUT2D eigenvalue weighted by molar-refractivity contribution is -0.124. The first-order valence-corrected chi connectivity index (χ1v) is 13.3. The first kappa shape index (κ1) is 21.8. The molecule has 2 aromatic carbocycles. The number of amidine groups is 1. The summed E-state index contributed by atoms with van der Waals surface area (Å²) >= 11 is 1.41. The standard InChI is InChI=1S/C23H25N5O3S2/c1-16(28-12-10-17-4-2-3-5-21(17)28)22(29)25-18-14-27(15-18)19-6-8-20(9-7-19)33(30,31)26-23-24-11-13-32-23/h2-10,12,16,18H,11,13-15H2,1H3,(H,24,26)(H,25,29)/t16-/m0/s1. The predicted octanol–water partition coefficient (Wildman–Crippen LogP) is 2.59. The first-order chi connectivity index (χ1) is 15.9. The number of thioether (sulfide) groups is 1. The summed E-state index contributed by atoms with van der Waals surface area (Å²) in [5.41, 5.74) is 1.97. The number of rotatable bonds is 6. The average Bonchev–Trinajstić information content (AvgIpc) is 3.45. The molecule has 3 aromatic rings. The summed E-state index contributed by atoms with van der Waals surface area (Å²) in [7, 11) is -3.63. The van der Waals surface area contributed by atoms with Crippen LogP contribution in [-0.2, 0) is 14.8 Å². The number of sulfonamides is 1. The van der Waals surface area contributed by atoms with Crippen molar-refractivity contribution in [3.05, 3.63) is 60.8 Å². The summed E-state index contributed by atoms with van der Waals surface area (Å²) in [5.74, 6) is 0.783. The fraction of sp³-hybridized carbons (Fsp3) is 0.304. The first-order valence-electron chi connectivity index (χ1n) is 10.8. The average molecular weight is 484 g/mol. The van der Waals surface area contributed by atoms with Crippen LogP contribution in [0.4, 0.5) is 5.69 Å². The van der Waals surface area contributed by atoms with E-state index in [1.165, 1.54) is 11.8 Å². The van der Waals surface area contributed by atoms with E-state index < -0.39 is 10.0 Å². The molecule has 1 amide bonds. The van der Waals surface area contributed by atoms with Gasteiger partial charge in [0.25, 0.3) is 10.0 Å². The van der Waals surface area contributed by atoms with Crippen molar-refractivity contribution < 1.29 is 13.2 Å². The number of aromatic nitrogens is 1. The molecule has 1 aromatic heterocycles. The maximum atomic E-state index is 12.8. The maximum absolute atomic E-state index is 12.8. The van der Waals surface area contributed by atoms with E-state index in [4.69, 9.17) is 0 Å². The third-order valence-corrected chi connectivity index (χ3v) is 8.35. The highest BCUT2D eigenvalue weighted by atomic mass is 32.2. The Hall–Kier alpha value is -2.98. The second-order valence-corrected chi connectivity index (χ2v) is 11.0. The van der Waals surface area contributed by atoms with Crippen LogP contribution in [0, 0.1) is 0 Å². The molecule has 3 heterocycles. The van der Waals surface area contributed by atoms with Crippen LogP contribution in [0.3, 0.4) is 0 Å². The molecule has 1 fully saturated rings. The van der Waals surface area contributed by atoms with Gasteiger partial charge < -0.3 is 14.8 Å². The number of fused-ring (bicyclic) bond motifs is 1. The van der Waals surface area contributed by atoms with Crippen LogP contribution in [0.15, 0.2) is 70.7 Å². The largest absolute Gasteiger partial charge is 0.367 e. The van der Waals surface area contributed by atoms with E-state index in [0.717, 1.165) is 22.3 Å². The minimum Gasteiger partial charge on any atom is -0.367 e. The van der Waals surface area contributed by atoms with Gasteiger partial charge in [0.15, 0.2) is 5.17 Å². The number of carbonyl (C=O) groups excluding carboxylic acids is 1. The van der Waals surface area contributed by atoms with Crippen LogP contribution in [0.2, 0.25) is 0 Å². The summed E-state index contributed by atoms with van der Waals surface area (Å²) in [6, 6.07) is 16.6. The van der Waals surface area contributed by atoms with Gasteiger partial charge in [-0.1, -0.05) is 30.0 Å². The van der Waals surface area contributed by atoms with E-state index in [1.54, 1.807) is 24.3 Å². The van der Waals surface area contributed by atoms with Crippen molar-refractivity contribution >= 4 is 49.5 Å². The smallest absolute Gasteiger partial charge is 0.263 e. The molecule has 8 nitrogen and oxygen atoms in total. The molecule has 33 heavy (non-hydrogen) atoms. The van der Waals surface area contributed by atoms with E-state index in [1.807, 2.05) is 48.0 Å². The number of para-hydroxylation sites is 1. The molecule has 0 bridgehead atoms. The van der Waals surface area contributed by atoms with Crippen molar-refractivity contribution in [3.63, 3.8) is 0 Å². The molecule has 172 valence electrons. The van der Waals surface area contributed by atoms with Crippen LogP contribution in [0.1, 0.15) is 13.0 Å². The van der Waals surface area contributed by atoms with Crippen LogP contribution in [0.25, 0.3) is 10.9 Å². The predicted molar refractivity (Wildman–Crippen MR) is 132 cm³/mol. The lowest BCUT2D eigenvalue weighted by atomic mass is 10.1. The van der Waals surface area contributed by atoms with E-state index in [2.05, 4.69) is 19.9 Å². The number of hydrogen-bond donors (Lipinski definition) is 2. The van der Waals surface area contributed by atoms with E-state index >= 15 is 0 Å². The van der Waals surface area contributed by atoms with Gasteiger partial charge in [0.1, 0.15) is 6.04 Å². The molecule has 2 N–H and O–H groups in total. The van der Waals surface area contributed by atoms with Gasteiger partial charge in [-0.15, -0.1) is 0 Å². The number of benzene rings is 2. The van der Waals surface area contributed by atoms with Gasteiger partial charge in [0, 0.05) is 36.2 Å². The number of carbonyl (C=O) groups is 1. The Morgan fingerprint density at radius 2 is 1.88 bits per heavy atom. The van der Waals surface area contributed by atoms with E-state index in [9.17, 15) is 13.2 Å². The third-order valence-electron chi connectivity index (χ3n) is 5.97. The molecule has 1 atom stereocenters. The summed E-state index contributed by atoms with van der Waals surface area (Å²) in [6.45, 7) is 3.90. The van der Waals surface area contributed by atoms with Gasteiger partial charge in [-0.25, -0.2) is 8.42 Å². The Labute approximate surface area is 197 Å². The van der Waals surface area contributed by atoms with Gasteiger partial charge in [0.05, 0.1) is 17.5 Å². The van der Waals surface area contributed by atoms with Gasteiger partial charge in [-0.3, -0.25) is 14.5 Å². The van der Waals surface area contributed by atoms with Gasteiger partial charge in [0.2, 0.25) is 5.91 Å².